The first-order valence-corrected chi connectivity index (χ1v) is 4.65. The van der Waals surface area contributed by atoms with Gasteiger partial charge in [-0.25, -0.2) is 0 Å². The Morgan fingerprint density at radius 3 is 3.00 bits per heavy atom. The van der Waals surface area contributed by atoms with Crippen LogP contribution in [0.5, 0.6) is 0 Å². The number of nitrogens with zero attached hydrogens (tertiary/aromatic N) is 2. The average molecular weight is 191 g/mol. The molecule has 1 aliphatic rings. The monoisotopic (exact) mass is 191 g/mol. The van der Waals surface area contributed by atoms with Gasteiger partial charge < -0.3 is 10.2 Å². The molecule has 0 unspecified atom stereocenters. The Hall–Kier alpha value is -1.42. The molecule has 0 radical (unpaired) electrons. The highest BCUT2D eigenvalue weighted by Crippen LogP contribution is 2.05. The predicted octanol–water partition coefficient (Wildman–Crippen LogP) is 0.125. The molecular weight excluding hydrogens is 178 g/mol. The topological polar surface area (TPSA) is 45.2 Å². The molecule has 0 bridgehead atoms. The van der Waals surface area contributed by atoms with Crippen molar-refractivity contribution in [2.45, 2.75) is 6.04 Å². The lowest BCUT2D eigenvalue weighted by atomic mass is 10.1. The van der Waals surface area contributed by atoms with Crippen LogP contribution in [0.15, 0.2) is 24.5 Å². The number of nitrogens with one attached hydrogen (secondary N) is 1. The fraction of sp³-hybridized carbons (Fsp3) is 0.400. The van der Waals surface area contributed by atoms with Crippen LogP contribution < -0.4 is 5.32 Å². The van der Waals surface area contributed by atoms with E-state index in [-0.39, 0.29) is 5.91 Å². The maximum absolute atomic E-state index is 11.6. The Balaban J connectivity index is 1.90. The van der Waals surface area contributed by atoms with Crippen molar-refractivity contribution in [3.63, 3.8) is 0 Å². The third-order valence-electron chi connectivity index (χ3n) is 2.32. The van der Waals surface area contributed by atoms with Crippen LogP contribution in [0.25, 0.3) is 0 Å². The molecule has 74 valence electrons. The van der Waals surface area contributed by atoms with E-state index < -0.39 is 0 Å². The second-order valence-electron chi connectivity index (χ2n) is 3.63. The van der Waals surface area contributed by atoms with Crippen LogP contribution in [0.3, 0.4) is 0 Å². The fourth-order valence-corrected chi connectivity index (χ4v) is 1.56. The number of carbonyl (C=O) groups is 1. The maximum Gasteiger partial charge on any atom is 0.253 e. The number of hydrogen-bond donors (Lipinski definition) is 1. The van der Waals surface area contributed by atoms with Gasteiger partial charge in [-0.1, -0.05) is 0 Å². The van der Waals surface area contributed by atoms with Gasteiger partial charge in [0.1, 0.15) is 0 Å². The number of likely N-dealkylation sites (tertiary alicyclic amines) is 1. The summed E-state index contributed by atoms with van der Waals surface area (Å²) in [6.45, 7) is 1.87. The molecule has 4 nitrogen and oxygen atoms in total. The highest BCUT2D eigenvalue weighted by atomic mass is 16.1. The SMILES string of the molecule is CN1CC(NC(=O)c2cccnc2)C1. The van der Waals surface area contributed by atoms with Crippen LogP contribution in [0.4, 0.5) is 0 Å². The summed E-state index contributed by atoms with van der Waals surface area (Å²) >= 11 is 0. The van der Waals surface area contributed by atoms with Gasteiger partial charge in [0.15, 0.2) is 0 Å². The van der Waals surface area contributed by atoms with Crippen molar-refractivity contribution in [3.8, 4) is 0 Å². The maximum atomic E-state index is 11.6. The lowest BCUT2D eigenvalue weighted by Crippen LogP contribution is -2.57. The van der Waals surface area contributed by atoms with Gasteiger partial charge in [0.25, 0.3) is 5.91 Å². The van der Waals surface area contributed by atoms with Crippen molar-refractivity contribution in [1.29, 1.82) is 0 Å². The molecule has 0 spiro atoms. The van der Waals surface area contributed by atoms with Gasteiger partial charge >= 0.3 is 0 Å². The zero-order valence-corrected chi connectivity index (χ0v) is 8.10. The number of hydrogen-bond acceptors (Lipinski definition) is 3. The largest absolute Gasteiger partial charge is 0.347 e. The van der Waals surface area contributed by atoms with Crippen molar-refractivity contribution in [1.82, 2.24) is 15.2 Å². The molecule has 2 heterocycles. The standard InChI is InChI=1S/C10H13N3O/c1-13-6-9(7-13)12-10(14)8-3-2-4-11-5-8/h2-5,9H,6-7H2,1H3,(H,12,14). The van der Waals surface area contributed by atoms with E-state index in [1.165, 1.54) is 0 Å². The van der Waals surface area contributed by atoms with Crippen molar-refractivity contribution >= 4 is 5.91 Å². The highest BCUT2D eigenvalue weighted by Gasteiger charge is 2.24. The second kappa shape index (κ2) is 3.75. The second-order valence-corrected chi connectivity index (χ2v) is 3.63. The minimum Gasteiger partial charge on any atom is -0.347 e. The van der Waals surface area contributed by atoms with E-state index in [1.54, 1.807) is 24.5 Å². The van der Waals surface area contributed by atoms with Crippen LogP contribution in [-0.4, -0.2) is 42.0 Å². The third-order valence-corrected chi connectivity index (χ3v) is 2.32. The quantitative estimate of drug-likeness (QED) is 0.722. The van der Waals surface area contributed by atoms with Gasteiger partial charge in [-0.3, -0.25) is 9.78 Å². The van der Waals surface area contributed by atoms with Gasteiger partial charge in [0.05, 0.1) is 11.6 Å². The molecule has 1 saturated heterocycles. The lowest BCUT2D eigenvalue weighted by molar-refractivity contribution is 0.0857. The summed E-state index contributed by atoms with van der Waals surface area (Å²) in [6, 6.07) is 3.83. The normalized spacial score (nSPS) is 17.5. The molecule has 1 fully saturated rings. The minimum absolute atomic E-state index is 0.0313. The Morgan fingerprint density at radius 1 is 1.64 bits per heavy atom. The molecule has 1 amide bonds. The van der Waals surface area contributed by atoms with Gasteiger partial charge in [0.2, 0.25) is 0 Å². The van der Waals surface area contributed by atoms with Crippen LogP contribution >= 0.6 is 0 Å². The number of likely N-dealkylation sites (N-methyl/N-ethyl adjacent to an activating group) is 1. The van der Waals surface area contributed by atoms with E-state index in [9.17, 15) is 4.79 Å². The minimum atomic E-state index is -0.0313. The molecule has 4 heteroatoms. The summed E-state index contributed by atoms with van der Waals surface area (Å²) in [5.41, 5.74) is 0.627. The van der Waals surface area contributed by atoms with Crippen LogP contribution in [0.2, 0.25) is 0 Å². The molecular formula is C10H13N3O. The Morgan fingerprint density at radius 2 is 2.43 bits per heavy atom. The Labute approximate surface area is 82.9 Å². The summed E-state index contributed by atoms with van der Waals surface area (Å²) in [4.78, 5) is 17.6. The van der Waals surface area contributed by atoms with Crippen molar-refractivity contribution in [3.05, 3.63) is 30.1 Å². The number of aromatic nitrogens is 1. The summed E-state index contributed by atoms with van der Waals surface area (Å²) in [5, 5.41) is 2.94. The molecule has 1 aromatic rings. The van der Waals surface area contributed by atoms with E-state index in [4.69, 9.17) is 0 Å². The smallest absolute Gasteiger partial charge is 0.253 e. The first kappa shape index (κ1) is 9.15. The van der Waals surface area contributed by atoms with E-state index >= 15 is 0 Å². The predicted molar refractivity (Wildman–Crippen MR) is 53.0 cm³/mol. The fourth-order valence-electron chi connectivity index (χ4n) is 1.56. The van der Waals surface area contributed by atoms with Crippen molar-refractivity contribution in [2.75, 3.05) is 20.1 Å². The molecule has 0 aromatic carbocycles. The van der Waals surface area contributed by atoms with Gasteiger partial charge in [-0.15, -0.1) is 0 Å². The number of pyridine rings is 1. The highest BCUT2D eigenvalue weighted by molar-refractivity contribution is 5.94. The van der Waals surface area contributed by atoms with Crippen molar-refractivity contribution < 1.29 is 4.79 Å². The lowest BCUT2D eigenvalue weighted by Gasteiger charge is -2.36. The van der Waals surface area contributed by atoms with Gasteiger partial charge in [-0.2, -0.15) is 0 Å². The van der Waals surface area contributed by atoms with Crippen LogP contribution in [0.1, 0.15) is 10.4 Å². The Bertz CT molecular complexity index is 319. The summed E-state index contributed by atoms with van der Waals surface area (Å²) in [7, 11) is 2.03. The number of amides is 1. The molecule has 0 saturated carbocycles. The number of carbonyl (C=O) groups excluding carboxylic acids is 1. The zero-order chi connectivity index (χ0) is 9.97. The van der Waals surface area contributed by atoms with Gasteiger partial charge in [0, 0.05) is 25.5 Å². The molecule has 14 heavy (non-hydrogen) atoms. The molecule has 2 rings (SSSR count). The average Bonchev–Trinajstić information content (AvgIpc) is 2.17. The Kier molecular flexibility index (Phi) is 2.45. The van der Waals surface area contributed by atoms with E-state index in [0.717, 1.165) is 13.1 Å². The molecule has 0 atom stereocenters. The summed E-state index contributed by atoms with van der Waals surface area (Å²) < 4.78 is 0. The number of rotatable bonds is 2. The molecule has 1 aliphatic heterocycles. The molecule has 1 aromatic heterocycles. The van der Waals surface area contributed by atoms with E-state index in [2.05, 4.69) is 15.2 Å². The van der Waals surface area contributed by atoms with Crippen LogP contribution in [-0.2, 0) is 0 Å². The first-order chi connectivity index (χ1) is 6.75. The summed E-state index contributed by atoms with van der Waals surface area (Å²) in [5.74, 6) is -0.0313. The summed E-state index contributed by atoms with van der Waals surface area (Å²) in [6.07, 6.45) is 3.24. The van der Waals surface area contributed by atoms with Gasteiger partial charge in [-0.05, 0) is 19.2 Å². The molecule has 1 N–H and O–H groups in total. The molecule has 0 aliphatic carbocycles. The van der Waals surface area contributed by atoms with E-state index in [1.807, 2.05) is 7.05 Å². The van der Waals surface area contributed by atoms with Crippen LogP contribution in [0, 0.1) is 0 Å². The van der Waals surface area contributed by atoms with E-state index in [0.29, 0.717) is 11.6 Å². The van der Waals surface area contributed by atoms with Crippen molar-refractivity contribution in [2.24, 2.45) is 0 Å². The first-order valence-electron chi connectivity index (χ1n) is 4.65. The zero-order valence-electron chi connectivity index (χ0n) is 8.10. The third kappa shape index (κ3) is 1.90.